The number of hydrogen-bond donors (Lipinski definition) is 2. The van der Waals surface area contributed by atoms with Gasteiger partial charge in [-0.05, 0) is 49.2 Å². The SMILES string of the molecule is COc1cc(C(=O)Nc2c(C)ccc(N)c2C)ccc1F. The molecule has 0 fully saturated rings. The maximum atomic E-state index is 13.4. The van der Waals surface area contributed by atoms with E-state index in [4.69, 9.17) is 10.5 Å². The summed E-state index contributed by atoms with van der Waals surface area (Å²) in [5.41, 5.74) is 9.15. The monoisotopic (exact) mass is 288 g/mol. The summed E-state index contributed by atoms with van der Waals surface area (Å²) < 4.78 is 18.2. The average Bonchev–Trinajstić information content (AvgIpc) is 2.48. The highest BCUT2D eigenvalue weighted by Gasteiger charge is 2.13. The third kappa shape index (κ3) is 2.97. The lowest BCUT2D eigenvalue weighted by Crippen LogP contribution is -2.14. The molecule has 4 nitrogen and oxygen atoms in total. The van der Waals surface area contributed by atoms with Gasteiger partial charge in [0.1, 0.15) is 0 Å². The third-order valence-electron chi connectivity index (χ3n) is 3.37. The van der Waals surface area contributed by atoms with Crippen molar-refractivity contribution in [2.75, 3.05) is 18.2 Å². The Morgan fingerprint density at radius 2 is 1.95 bits per heavy atom. The van der Waals surface area contributed by atoms with Crippen molar-refractivity contribution in [3.8, 4) is 5.75 Å². The second kappa shape index (κ2) is 5.83. The van der Waals surface area contributed by atoms with Gasteiger partial charge < -0.3 is 15.8 Å². The quantitative estimate of drug-likeness (QED) is 0.852. The molecule has 0 unspecified atom stereocenters. The van der Waals surface area contributed by atoms with Gasteiger partial charge in [0.2, 0.25) is 0 Å². The number of ether oxygens (including phenoxy) is 1. The first-order valence-corrected chi connectivity index (χ1v) is 6.44. The fourth-order valence-electron chi connectivity index (χ4n) is 2.04. The Morgan fingerprint density at radius 3 is 2.62 bits per heavy atom. The second-order valence-corrected chi connectivity index (χ2v) is 4.78. The number of halogens is 1. The number of rotatable bonds is 3. The zero-order valence-electron chi connectivity index (χ0n) is 12.2. The predicted molar refractivity (Wildman–Crippen MR) is 81.2 cm³/mol. The summed E-state index contributed by atoms with van der Waals surface area (Å²) in [6, 6.07) is 7.60. The van der Waals surface area contributed by atoms with Crippen molar-refractivity contribution in [1.29, 1.82) is 0 Å². The predicted octanol–water partition coefficient (Wildman–Crippen LogP) is 3.29. The van der Waals surface area contributed by atoms with Crippen LogP contribution in [-0.2, 0) is 0 Å². The summed E-state index contributed by atoms with van der Waals surface area (Å²) in [4.78, 5) is 12.3. The molecule has 110 valence electrons. The number of hydrogen-bond acceptors (Lipinski definition) is 3. The molecule has 0 heterocycles. The maximum absolute atomic E-state index is 13.4. The lowest BCUT2D eigenvalue weighted by atomic mass is 10.1. The fourth-order valence-corrected chi connectivity index (χ4v) is 2.04. The second-order valence-electron chi connectivity index (χ2n) is 4.78. The number of carbonyl (C=O) groups is 1. The molecule has 0 spiro atoms. The Bertz CT molecular complexity index is 699. The van der Waals surface area contributed by atoms with E-state index in [-0.39, 0.29) is 11.7 Å². The molecular formula is C16H17FN2O2. The van der Waals surface area contributed by atoms with Crippen molar-refractivity contribution >= 4 is 17.3 Å². The molecule has 0 aliphatic rings. The molecule has 2 aromatic rings. The van der Waals surface area contributed by atoms with Gasteiger partial charge in [-0.3, -0.25) is 4.79 Å². The topological polar surface area (TPSA) is 64.3 Å². The van der Waals surface area contributed by atoms with Crippen LogP contribution < -0.4 is 15.8 Å². The van der Waals surface area contributed by atoms with Crippen molar-refractivity contribution in [1.82, 2.24) is 0 Å². The summed E-state index contributed by atoms with van der Waals surface area (Å²) in [6.07, 6.45) is 0. The first-order chi connectivity index (χ1) is 9.93. The normalized spacial score (nSPS) is 10.3. The van der Waals surface area contributed by atoms with E-state index in [0.29, 0.717) is 16.9 Å². The van der Waals surface area contributed by atoms with Crippen LogP contribution in [0, 0.1) is 19.7 Å². The number of carbonyl (C=O) groups excluding carboxylic acids is 1. The molecular weight excluding hydrogens is 271 g/mol. The van der Waals surface area contributed by atoms with Crippen molar-refractivity contribution in [2.45, 2.75) is 13.8 Å². The van der Waals surface area contributed by atoms with E-state index in [0.717, 1.165) is 11.1 Å². The third-order valence-corrected chi connectivity index (χ3v) is 3.37. The van der Waals surface area contributed by atoms with Crippen LogP contribution in [0.25, 0.3) is 0 Å². The van der Waals surface area contributed by atoms with Crippen LogP contribution in [0.1, 0.15) is 21.5 Å². The number of nitrogens with one attached hydrogen (secondary N) is 1. The number of methoxy groups -OCH3 is 1. The van der Waals surface area contributed by atoms with Gasteiger partial charge in [-0.25, -0.2) is 4.39 Å². The number of aryl methyl sites for hydroxylation is 1. The van der Waals surface area contributed by atoms with Crippen LogP contribution in [-0.4, -0.2) is 13.0 Å². The standard InChI is InChI=1S/C16H17FN2O2/c1-9-4-7-13(18)10(2)15(9)19-16(20)11-5-6-12(17)14(8-11)21-3/h4-8H,18H2,1-3H3,(H,19,20). The fraction of sp³-hybridized carbons (Fsp3) is 0.188. The summed E-state index contributed by atoms with van der Waals surface area (Å²) >= 11 is 0. The molecule has 2 rings (SSSR count). The number of benzene rings is 2. The zero-order chi connectivity index (χ0) is 15.6. The van der Waals surface area contributed by atoms with Crippen LogP contribution in [0.4, 0.5) is 15.8 Å². The molecule has 2 aromatic carbocycles. The first kappa shape index (κ1) is 14.8. The van der Waals surface area contributed by atoms with E-state index in [2.05, 4.69) is 5.32 Å². The molecule has 0 atom stereocenters. The maximum Gasteiger partial charge on any atom is 0.255 e. The summed E-state index contributed by atoms with van der Waals surface area (Å²) in [7, 11) is 1.35. The van der Waals surface area contributed by atoms with Gasteiger partial charge in [0, 0.05) is 16.9 Å². The van der Waals surface area contributed by atoms with E-state index in [1.165, 1.54) is 25.3 Å². The molecule has 0 aliphatic heterocycles. The first-order valence-electron chi connectivity index (χ1n) is 6.44. The van der Waals surface area contributed by atoms with E-state index >= 15 is 0 Å². The minimum atomic E-state index is -0.509. The highest BCUT2D eigenvalue weighted by atomic mass is 19.1. The summed E-state index contributed by atoms with van der Waals surface area (Å²) in [5, 5.41) is 2.81. The van der Waals surface area contributed by atoms with Crippen molar-refractivity contribution in [3.63, 3.8) is 0 Å². The van der Waals surface area contributed by atoms with Crippen LogP contribution in [0.3, 0.4) is 0 Å². The molecule has 3 N–H and O–H groups in total. The average molecular weight is 288 g/mol. The van der Waals surface area contributed by atoms with Gasteiger partial charge in [-0.15, -0.1) is 0 Å². The minimum absolute atomic E-state index is 0.0312. The summed E-state index contributed by atoms with van der Waals surface area (Å²) in [5.74, 6) is -0.820. The van der Waals surface area contributed by atoms with E-state index in [9.17, 15) is 9.18 Å². The highest BCUT2D eigenvalue weighted by molar-refractivity contribution is 6.05. The van der Waals surface area contributed by atoms with Crippen LogP contribution in [0.15, 0.2) is 30.3 Å². The number of amides is 1. The lowest BCUT2D eigenvalue weighted by Gasteiger charge is -2.14. The van der Waals surface area contributed by atoms with Crippen molar-refractivity contribution in [2.24, 2.45) is 0 Å². The lowest BCUT2D eigenvalue weighted by molar-refractivity contribution is 0.102. The molecule has 0 bridgehead atoms. The summed E-state index contributed by atoms with van der Waals surface area (Å²) in [6.45, 7) is 3.72. The van der Waals surface area contributed by atoms with Crippen molar-refractivity contribution in [3.05, 3.63) is 52.8 Å². The van der Waals surface area contributed by atoms with Gasteiger partial charge >= 0.3 is 0 Å². The largest absolute Gasteiger partial charge is 0.494 e. The zero-order valence-corrected chi connectivity index (χ0v) is 12.2. The highest BCUT2D eigenvalue weighted by Crippen LogP contribution is 2.26. The Hall–Kier alpha value is -2.56. The molecule has 0 saturated carbocycles. The smallest absolute Gasteiger partial charge is 0.255 e. The molecule has 0 saturated heterocycles. The molecule has 5 heteroatoms. The minimum Gasteiger partial charge on any atom is -0.494 e. The van der Waals surface area contributed by atoms with Gasteiger partial charge in [0.25, 0.3) is 5.91 Å². The van der Waals surface area contributed by atoms with Crippen LogP contribution in [0.2, 0.25) is 0 Å². The van der Waals surface area contributed by atoms with Gasteiger partial charge in [-0.2, -0.15) is 0 Å². The molecule has 0 radical (unpaired) electrons. The van der Waals surface area contributed by atoms with E-state index in [1.807, 2.05) is 19.9 Å². The van der Waals surface area contributed by atoms with Crippen LogP contribution in [0.5, 0.6) is 5.75 Å². The van der Waals surface area contributed by atoms with Crippen LogP contribution >= 0.6 is 0 Å². The van der Waals surface area contributed by atoms with E-state index in [1.54, 1.807) is 6.07 Å². The van der Waals surface area contributed by atoms with Gasteiger partial charge in [-0.1, -0.05) is 6.07 Å². The molecule has 1 amide bonds. The number of nitrogen functional groups attached to an aromatic ring is 1. The number of nitrogens with two attached hydrogens (primary N) is 1. The Balaban J connectivity index is 2.33. The Morgan fingerprint density at radius 1 is 1.24 bits per heavy atom. The van der Waals surface area contributed by atoms with Crippen molar-refractivity contribution < 1.29 is 13.9 Å². The molecule has 0 aliphatic carbocycles. The molecule has 21 heavy (non-hydrogen) atoms. The van der Waals surface area contributed by atoms with E-state index < -0.39 is 5.82 Å². The molecule has 0 aromatic heterocycles. The van der Waals surface area contributed by atoms with Gasteiger partial charge in [0.05, 0.1) is 7.11 Å². The Labute approximate surface area is 122 Å². The van der Waals surface area contributed by atoms with Gasteiger partial charge in [0.15, 0.2) is 11.6 Å². The number of anilines is 2. The Kier molecular flexibility index (Phi) is 4.12.